The molecular formula is C13H20F2N2O. The molecule has 3 nitrogen and oxygen atoms in total. The van der Waals surface area contributed by atoms with Crippen molar-refractivity contribution >= 4 is 11.4 Å². The molecule has 18 heavy (non-hydrogen) atoms. The predicted octanol–water partition coefficient (Wildman–Crippen LogP) is 2.76. The summed E-state index contributed by atoms with van der Waals surface area (Å²) in [6.45, 7) is 5.65. The average molecular weight is 258 g/mol. The molecule has 0 saturated carbocycles. The van der Waals surface area contributed by atoms with Crippen molar-refractivity contribution in [3.8, 4) is 0 Å². The summed E-state index contributed by atoms with van der Waals surface area (Å²) in [5.41, 5.74) is 4.08. The molecule has 0 aliphatic carbocycles. The number of hydrogen-bond acceptors (Lipinski definition) is 3. The maximum Gasteiger partial charge on any atom is 0.151 e. The molecule has 4 N–H and O–H groups in total. The summed E-state index contributed by atoms with van der Waals surface area (Å²) in [6.07, 6.45) is 0.540. The monoisotopic (exact) mass is 258 g/mol. The predicted molar refractivity (Wildman–Crippen MR) is 69.3 cm³/mol. The van der Waals surface area contributed by atoms with Gasteiger partial charge in [-0.1, -0.05) is 13.8 Å². The van der Waals surface area contributed by atoms with E-state index in [0.717, 1.165) is 12.1 Å². The fraction of sp³-hybridized carbons (Fsp3) is 0.538. The first kappa shape index (κ1) is 14.7. The van der Waals surface area contributed by atoms with Gasteiger partial charge in [-0.05, 0) is 31.4 Å². The van der Waals surface area contributed by atoms with Gasteiger partial charge in [0.2, 0.25) is 0 Å². The van der Waals surface area contributed by atoms with Gasteiger partial charge < -0.3 is 16.2 Å². The molecule has 0 bridgehead atoms. The molecule has 0 heterocycles. The molecule has 0 aromatic heterocycles. The first-order chi connectivity index (χ1) is 8.21. The van der Waals surface area contributed by atoms with E-state index < -0.39 is 17.2 Å². The molecule has 0 saturated heterocycles. The van der Waals surface area contributed by atoms with E-state index in [2.05, 4.69) is 5.32 Å². The zero-order valence-corrected chi connectivity index (χ0v) is 10.9. The largest absolute Gasteiger partial charge is 0.399 e. The summed E-state index contributed by atoms with van der Waals surface area (Å²) in [5, 5.41) is 12.6. The van der Waals surface area contributed by atoms with E-state index in [1.165, 1.54) is 0 Å². The number of rotatable bonds is 5. The van der Waals surface area contributed by atoms with Gasteiger partial charge >= 0.3 is 0 Å². The lowest BCUT2D eigenvalue weighted by atomic mass is 9.94. The highest BCUT2D eigenvalue weighted by Gasteiger charge is 2.23. The first-order valence-corrected chi connectivity index (χ1v) is 5.92. The number of halogens is 2. The van der Waals surface area contributed by atoms with Crippen molar-refractivity contribution in [1.29, 1.82) is 0 Å². The third-order valence-electron chi connectivity index (χ3n) is 2.56. The molecule has 5 heteroatoms. The van der Waals surface area contributed by atoms with Gasteiger partial charge in [-0.25, -0.2) is 8.78 Å². The van der Waals surface area contributed by atoms with Gasteiger partial charge in [-0.2, -0.15) is 0 Å². The molecule has 1 aromatic rings. The van der Waals surface area contributed by atoms with Gasteiger partial charge in [0, 0.05) is 12.2 Å². The second kappa shape index (κ2) is 5.52. The van der Waals surface area contributed by atoms with Crippen molar-refractivity contribution < 1.29 is 13.9 Å². The minimum atomic E-state index is -1.02. The van der Waals surface area contributed by atoms with Crippen LogP contribution >= 0.6 is 0 Å². The zero-order valence-electron chi connectivity index (χ0n) is 10.9. The molecular weight excluding hydrogens is 238 g/mol. The third kappa shape index (κ3) is 4.14. The van der Waals surface area contributed by atoms with Gasteiger partial charge in [-0.3, -0.25) is 0 Å². The lowest BCUT2D eigenvalue weighted by Crippen LogP contribution is -2.35. The van der Waals surface area contributed by atoms with Gasteiger partial charge in [0.25, 0.3) is 0 Å². The van der Waals surface area contributed by atoms with Crippen LogP contribution in [0.1, 0.15) is 27.2 Å². The average Bonchev–Trinajstić information content (AvgIpc) is 2.12. The van der Waals surface area contributed by atoms with E-state index >= 15 is 0 Å². The summed E-state index contributed by atoms with van der Waals surface area (Å²) >= 11 is 0. The van der Waals surface area contributed by atoms with Crippen LogP contribution in [0.15, 0.2) is 12.1 Å². The smallest absolute Gasteiger partial charge is 0.151 e. The Labute approximate surface area is 106 Å². The Morgan fingerprint density at radius 2 is 1.83 bits per heavy atom. The number of aliphatic hydroxyl groups is 1. The standard InChI is InChI=1S/C13H20F2N2O/c1-8(2)6-13(3,18)7-17-12-10(14)4-9(16)5-11(12)15/h4-5,8,17-18H,6-7,16H2,1-3H3. The molecule has 1 aromatic carbocycles. The molecule has 0 aliphatic rings. The molecule has 0 radical (unpaired) electrons. The summed E-state index contributed by atoms with van der Waals surface area (Å²) in [5.74, 6) is -1.22. The molecule has 102 valence electrons. The van der Waals surface area contributed by atoms with Crippen molar-refractivity contribution in [2.24, 2.45) is 5.92 Å². The van der Waals surface area contributed by atoms with Crippen LogP contribution in [0.25, 0.3) is 0 Å². The van der Waals surface area contributed by atoms with E-state index in [-0.39, 0.29) is 17.9 Å². The Morgan fingerprint density at radius 3 is 2.28 bits per heavy atom. The highest BCUT2D eigenvalue weighted by Crippen LogP contribution is 2.24. The summed E-state index contributed by atoms with van der Waals surface area (Å²) in [6, 6.07) is 2.09. The molecule has 1 rings (SSSR count). The van der Waals surface area contributed by atoms with E-state index in [4.69, 9.17) is 5.73 Å². The van der Waals surface area contributed by atoms with Crippen LogP contribution in [-0.2, 0) is 0 Å². The lowest BCUT2D eigenvalue weighted by Gasteiger charge is -2.26. The van der Waals surface area contributed by atoms with Crippen molar-refractivity contribution in [1.82, 2.24) is 0 Å². The molecule has 0 spiro atoms. The molecule has 0 fully saturated rings. The lowest BCUT2D eigenvalue weighted by molar-refractivity contribution is 0.0514. The first-order valence-electron chi connectivity index (χ1n) is 5.92. The van der Waals surface area contributed by atoms with Crippen LogP contribution < -0.4 is 11.1 Å². The van der Waals surface area contributed by atoms with E-state index in [0.29, 0.717) is 12.3 Å². The Hall–Kier alpha value is -1.36. The molecule has 0 amide bonds. The van der Waals surface area contributed by atoms with E-state index in [1.54, 1.807) is 6.92 Å². The van der Waals surface area contributed by atoms with Crippen LogP contribution in [0, 0.1) is 17.6 Å². The summed E-state index contributed by atoms with van der Waals surface area (Å²) < 4.78 is 27.0. The summed E-state index contributed by atoms with van der Waals surface area (Å²) in [7, 11) is 0. The fourth-order valence-corrected chi connectivity index (χ4v) is 1.99. The third-order valence-corrected chi connectivity index (χ3v) is 2.56. The second-order valence-electron chi connectivity index (χ2n) is 5.31. The number of benzene rings is 1. The highest BCUT2D eigenvalue weighted by molar-refractivity contribution is 5.54. The topological polar surface area (TPSA) is 58.3 Å². The maximum absolute atomic E-state index is 13.5. The second-order valence-corrected chi connectivity index (χ2v) is 5.31. The quantitative estimate of drug-likeness (QED) is 0.712. The van der Waals surface area contributed by atoms with E-state index in [1.807, 2.05) is 13.8 Å². The van der Waals surface area contributed by atoms with Crippen LogP contribution in [0.2, 0.25) is 0 Å². The van der Waals surface area contributed by atoms with Gasteiger partial charge in [-0.15, -0.1) is 0 Å². The number of hydrogen-bond donors (Lipinski definition) is 3. The normalized spacial score (nSPS) is 14.6. The maximum atomic E-state index is 13.5. The molecule has 1 unspecified atom stereocenters. The Kier molecular flexibility index (Phi) is 4.51. The number of nitrogens with two attached hydrogens (primary N) is 1. The van der Waals surface area contributed by atoms with Gasteiger partial charge in [0.1, 0.15) is 5.69 Å². The van der Waals surface area contributed by atoms with Crippen LogP contribution in [0.3, 0.4) is 0 Å². The van der Waals surface area contributed by atoms with Crippen LogP contribution in [0.4, 0.5) is 20.2 Å². The van der Waals surface area contributed by atoms with Crippen molar-refractivity contribution in [3.63, 3.8) is 0 Å². The van der Waals surface area contributed by atoms with Crippen molar-refractivity contribution in [2.75, 3.05) is 17.6 Å². The van der Waals surface area contributed by atoms with Crippen LogP contribution in [-0.4, -0.2) is 17.3 Å². The molecule has 1 atom stereocenters. The Morgan fingerprint density at radius 1 is 1.33 bits per heavy atom. The SMILES string of the molecule is CC(C)CC(C)(O)CNc1c(F)cc(N)cc1F. The van der Waals surface area contributed by atoms with Crippen LogP contribution in [0.5, 0.6) is 0 Å². The minimum Gasteiger partial charge on any atom is -0.399 e. The fourth-order valence-electron chi connectivity index (χ4n) is 1.99. The number of anilines is 2. The Bertz CT molecular complexity index is 396. The zero-order chi connectivity index (χ0) is 13.9. The van der Waals surface area contributed by atoms with E-state index in [9.17, 15) is 13.9 Å². The minimum absolute atomic E-state index is 0.0319. The van der Waals surface area contributed by atoms with Gasteiger partial charge in [0.05, 0.1) is 5.60 Å². The highest BCUT2D eigenvalue weighted by atomic mass is 19.1. The van der Waals surface area contributed by atoms with Crippen molar-refractivity contribution in [2.45, 2.75) is 32.8 Å². The summed E-state index contributed by atoms with van der Waals surface area (Å²) in [4.78, 5) is 0. The van der Waals surface area contributed by atoms with Crippen molar-refractivity contribution in [3.05, 3.63) is 23.8 Å². The van der Waals surface area contributed by atoms with Gasteiger partial charge in [0.15, 0.2) is 11.6 Å². The Balaban J connectivity index is 2.75. The molecule has 0 aliphatic heterocycles. The number of nitrogen functional groups attached to an aromatic ring is 1. The number of nitrogens with one attached hydrogen (secondary N) is 1.